The van der Waals surface area contributed by atoms with Gasteiger partial charge >= 0.3 is 6.01 Å². The summed E-state index contributed by atoms with van der Waals surface area (Å²) in [5.41, 5.74) is 4.62. The van der Waals surface area contributed by atoms with Crippen molar-refractivity contribution in [3.05, 3.63) is 65.7 Å². The molecule has 1 fully saturated rings. The summed E-state index contributed by atoms with van der Waals surface area (Å²) < 4.78 is 10.7. The molecule has 1 atom stereocenters. The van der Waals surface area contributed by atoms with Crippen LogP contribution in [-0.4, -0.2) is 41.4 Å². The van der Waals surface area contributed by atoms with E-state index in [1.165, 1.54) is 11.1 Å². The quantitative estimate of drug-likeness (QED) is 0.487. The summed E-state index contributed by atoms with van der Waals surface area (Å²) >= 11 is 0. The highest BCUT2D eigenvalue weighted by Crippen LogP contribution is 2.33. The van der Waals surface area contributed by atoms with Crippen LogP contribution in [-0.2, 0) is 11.2 Å². The Morgan fingerprint density at radius 3 is 2.81 bits per heavy atom. The summed E-state index contributed by atoms with van der Waals surface area (Å²) in [6, 6.07) is 19.5. The number of aryl methyl sites for hydroxylation is 1. The monoisotopic (exact) mass is 428 g/mol. The number of nitrogens with zero attached hydrogens (tertiary/aromatic N) is 4. The van der Waals surface area contributed by atoms with Crippen molar-refractivity contribution in [2.24, 2.45) is 0 Å². The van der Waals surface area contributed by atoms with Crippen molar-refractivity contribution in [1.29, 1.82) is 0 Å². The van der Waals surface area contributed by atoms with Gasteiger partial charge in [0.1, 0.15) is 5.82 Å². The Hall–Kier alpha value is -3.65. The second-order valence-electron chi connectivity index (χ2n) is 8.16. The number of nitrogens with one attached hydrogen (secondary N) is 2. The van der Waals surface area contributed by atoms with Crippen LogP contribution in [0.2, 0.25) is 0 Å². The molecule has 1 aliphatic carbocycles. The lowest BCUT2D eigenvalue weighted by Gasteiger charge is -2.24. The molecule has 32 heavy (non-hydrogen) atoms. The summed E-state index contributed by atoms with van der Waals surface area (Å²) in [5.74, 6) is 1.48. The predicted molar refractivity (Wildman–Crippen MR) is 123 cm³/mol. The molecule has 2 aromatic carbocycles. The fourth-order valence-corrected chi connectivity index (χ4v) is 4.45. The Bertz CT molecular complexity index is 1250. The Morgan fingerprint density at radius 1 is 0.969 bits per heavy atom. The number of hydrogen-bond acceptors (Lipinski definition) is 8. The third-order valence-electron chi connectivity index (χ3n) is 6.10. The number of benzene rings is 2. The van der Waals surface area contributed by atoms with E-state index in [1.54, 1.807) is 0 Å². The number of fused-ring (bicyclic) bond motifs is 2. The Morgan fingerprint density at radius 2 is 1.88 bits per heavy atom. The van der Waals surface area contributed by atoms with E-state index in [9.17, 15) is 0 Å². The zero-order valence-corrected chi connectivity index (χ0v) is 17.6. The molecule has 3 heterocycles. The highest BCUT2D eigenvalue weighted by Gasteiger charge is 2.22. The molecule has 0 bridgehead atoms. The molecule has 162 valence electrons. The molecular formula is C24H24N6O2. The molecule has 8 heteroatoms. The van der Waals surface area contributed by atoms with E-state index in [0.717, 1.165) is 48.3 Å². The molecule has 4 aromatic rings. The van der Waals surface area contributed by atoms with Gasteiger partial charge in [-0.25, -0.2) is 4.98 Å². The van der Waals surface area contributed by atoms with Gasteiger partial charge in [-0.2, -0.15) is 4.98 Å². The Kier molecular flexibility index (Phi) is 4.84. The molecular weight excluding hydrogens is 404 g/mol. The molecule has 2 aliphatic rings. The third-order valence-corrected chi connectivity index (χ3v) is 6.10. The SMILES string of the molecule is c1ccc2c(c1)CC[C@H]2Nc1ccc2cc(Nc3nc(N4CCOCC4)no3)ccc2n1. The molecule has 6 rings (SSSR count). The molecule has 1 aliphatic heterocycles. The van der Waals surface area contributed by atoms with E-state index >= 15 is 0 Å². The molecule has 2 aromatic heterocycles. The minimum Gasteiger partial charge on any atom is -0.378 e. The number of pyridine rings is 1. The van der Waals surface area contributed by atoms with Crippen LogP contribution in [0.25, 0.3) is 10.9 Å². The number of ether oxygens (including phenoxy) is 1. The molecule has 0 saturated carbocycles. The largest absolute Gasteiger partial charge is 0.378 e. The minimum absolute atomic E-state index is 0.315. The molecule has 0 spiro atoms. The van der Waals surface area contributed by atoms with Gasteiger partial charge in [0.2, 0.25) is 0 Å². The van der Waals surface area contributed by atoms with Gasteiger partial charge in [-0.3, -0.25) is 0 Å². The summed E-state index contributed by atoms with van der Waals surface area (Å²) in [6.45, 7) is 2.89. The van der Waals surface area contributed by atoms with E-state index in [0.29, 0.717) is 31.2 Å². The first-order valence-corrected chi connectivity index (χ1v) is 11.0. The maximum Gasteiger partial charge on any atom is 0.327 e. The lowest BCUT2D eigenvalue weighted by molar-refractivity contribution is 0.121. The number of morpholine rings is 1. The van der Waals surface area contributed by atoms with Gasteiger partial charge in [0.25, 0.3) is 5.95 Å². The summed E-state index contributed by atoms with van der Waals surface area (Å²) in [7, 11) is 0. The lowest BCUT2D eigenvalue weighted by Crippen LogP contribution is -2.36. The van der Waals surface area contributed by atoms with E-state index in [-0.39, 0.29) is 0 Å². The second-order valence-corrected chi connectivity index (χ2v) is 8.16. The molecule has 2 N–H and O–H groups in total. The van der Waals surface area contributed by atoms with E-state index in [4.69, 9.17) is 14.2 Å². The van der Waals surface area contributed by atoms with Crippen LogP contribution in [0.1, 0.15) is 23.6 Å². The molecule has 0 unspecified atom stereocenters. The summed E-state index contributed by atoms with van der Waals surface area (Å²) in [5, 5.41) is 11.9. The zero-order valence-electron chi connectivity index (χ0n) is 17.6. The topological polar surface area (TPSA) is 88.3 Å². The van der Waals surface area contributed by atoms with Crippen LogP contribution < -0.4 is 15.5 Å². The van der Waals surface area contributed by atoms with Gasteiger partial charge in [0, 0.05) is 24.2 Å². The molecule has 1 saturated heterocycles. The fourth-order valence-electron chi connectivity index (χ4n) is 4.45. The highest BCUT2D eigenvalue weighted by atomic mass is 16.5. The Balaban J connectivity index is 1.17. The fraction of sp³-hybridized carbons (Fsp3) is 0.292. The maximum atomic E-state index is 5.38. The zero-order chi connectivity index (χ0) is 21.3. The van der Waals surface area contributed by atoms with E-state index in [1.807, 2.05) is 24.3 Å². The molecule has 0 amide bonds. The Labute approximate surface area is 185 Å². The van der Waals surface area contributed by atoms with E-state index in [2.05, 4.69) is 56.0 Å². The number of aromatic nitrogens is 3. The maximum absolute atomic E-state index is 5.38. The van der Waals surface area contributed by atoms with Crippen molar-refractivity contribution in [3.63, 3.8) is 0 Å². The van der Waals surface area contributed by atoms with Gasteiger partial charge in [0.05, 0.1) is 24.8 Å². The first-order valence-electron chi connectivity index (χ1n) is 11.0. The van der Waals surface area contributed by atoms with Crippen molar-refractivity contribution in [1.82, 2.24) is 15.1 Å². The van der Waals surface area contributed by atoms with Gasteiger partial charge in [0.15, 0.2) is 0 Å². The van der Waals surface area contributed by atoms with Crippen molar-refractivity contribution < 1.29 is 9.26 Å². The van der Waals surface area contributed by atoms with E-state index < -0.39 is 0 Å². The standard InChI is InChI=1S/C24H24N6O2/c1-2-4-19-16(3-1)5-8-21(19)27-22-10-6-17-15-18(7-9-20(17)26-22)25-24-28-23(29-32-24)30-11-13-31-14-12-30/h1-4,6-7,9-10,15,21H,5,8,11-14H2,(H,26,27)(H,25,28,29)/t21-/m1/s1. The van der Waals surface area contributed by atoms with Crippen molar-refractivity contribution in [2.75, 3.05) is 41.8 Å². The third kappa shape index (κ3) is 3.73. The van der Waals surface area contributed by atoms with Crippen LogP contribution in [0.5, 0.6) is 0 Å². The number of anilines is 4. The van der Waals surface area contributed by atoms with Crippen molar-refractivity contribution >= 4 is 34.4 Å². The highest BCUT2D eigenvalue weighted by molar-refractivity contribution is 5.84. The van der Waals surface area contributed by atoms with Crippen LogP contribution >= 0.6 is 0 Å². The summed E-state index contributed by atoms with van der Waals surface area (Å²) in [4.78, 5) is 11.3. The van der Waals surface area contributed by atoms with Crippen LogP contribution in [0.4, 0.5) is 23.5 Å². The van der Waals surface area contributed by atoms with Crippen molar-refractivity contribution in [3.8, 4) is 0 Å². The average molecular weight is 428 g/mol. The van der Waals surface area contributed by atoms with Crippen molar-refractivity contribution in [2.45, 2.75) is 18.9 Å². The first-order chi connectivity index (χ1) is 15.8. The number of rotatable bonds is 5. The molecule has 8 nitrogen and oxygen atoms in total. The summed E-state index contributed by atoms with van der Waals surface area (Å²) in [6.07, 6.45) is 2.21. The predicted octanol–water partition coefficient (Wildman–Crippen LogP) is 4.30. The van der Waals surface area contributed by atoms with Gasteiger partial charge < -0.3 is 24.8 Å². The second kappa shape index (κ2) is 8.12. The average Bonchev–Trinajstić information content (AvgIpc) is 3.47. The smallest absolute Gasteiger partial charge is 0.327 e. The van der Waals surface area contributed by atoms with Gasteiger partial charge in [-0.15, -0.1) is 0 Å². The van der Waals surface area contributed by atoms with Crippen LogP contribution in [0.15, 0.2) is 59.1 Å². The van der Waals surface area contributed by atoms with Gasteiger partial charge in [-0.05, 0) is 59.5 Å². The first kappa shape index (κ1) is 19.1. The molecule has 0 radical (unpaired) electrons. The van der Waals surface area contributed by atoms with Gasteiger partial charge in [-0.1, -0.05) is 24.3 Å². The number of hydrogen-bond donors (Lipinski definition) is 2. The normalized spacial score (nSPS) is 18.0. The minimum atomic E-state index is 0.315. The lowest BCUT2D eigenvalue weighted by atomic mass is 10.1. The van der Waals surface area contributed by atoms with Crippen LogP contribution in [0.3, 0.4) is 0 Å². The van der Waals surface area contributed by atoms with Crippen LogP contribution in [0, 0.1) is 0 Å².